The average molecular weight is 616 g/mol. The summed E-state index contributed by atoms with van der Waals surface area (Å²) >= 11 is 3.74. The fourth-order valence-corrected chi connectivity index (χ4v) is 11.1. The van der Waals surface area contributed by atoms with Crippen LogP contribution in [-0.2, 0) is 19.1 Å². The quantitative estimate of drug-likeness (QED) is 0.178. The predicted octanol–water partition coefficient (Wildman–Crippen LogP) is 7.79. The second-order valence-corrected chi connectivity index (χ2v) is 15.1. The van der Waals surface area contributed by atoms with Crippen LogP contribution in [0.15, 0.2) is 30.3 Å². The van der Waals surface area contributed by atoms with Crippen LogP contribution in [-0.4, -0.2) is 34.8 Å². The number of Topliss-reactive ketones (excluding diaryl/α,β-unsaturated/α-hetero) is 1. The van der Waals surface area contributed by atoms with Gasteiger partial charge in [-0.2, -0.15) is 0 Å². The second kappa shape index (κ2) is 11.5. The number of ketones is 1. The molecule has 0 heterocycles. The number of hydrogen-bond acceptors (Lipinski definition) is 5. The lowest BCUT2D eigenvalue weighted by molar-refractivity contribution is -0.197. The molecule has 0 spiro atoms. The van der Waals surface area contributed by atoms with Gasteiger partial charge in [0.15, 0.2) is 5.78 Å². The molecule has 4 unspecified atom stereocenters. The SMILES string of the molecule is CC(=O)OC1CC[C@@]2(C)C(CC[C@H]3[C@@H]4CC[C@H]([C@H](C)CC(Br)C(=O)c5ccccc5)[C@@]4(C)C(OC(C)=O)C[C@@H]32)C1. The van der Waals surface area contributed by atoms with Gasteiger partial charge in [-0.05, 0) is 98.7 Å². The van der Waals surface area contributed by atoms with Gasteiger partial charge in [0, 0.05) is 24.8 Å². The van der Waals surface area contributed by atoms with Crippen LogP contribution >= 0.6 is 15.9 Å². The van der Waals surface area contributed by atoms with Gasteiger partial charge in [0.25, 0.3) is 0 Å². The first-order valence-electron chi connectivity index (χ1n) is 15.5. The highest BCUT2D eigenvalue weighted by Crippen LogP contribution is 2.69. The number of alkyl halides is 1. The third-order valence-electron chi connectivity index (χ3n) is 12.0. The Labute approximate surface area is 248 Å². The molecular weight excluding hydrogens is 568 g/mol. The first-order valence-corrected chi connectivity index (χ1v) is 16.4. The van der Waals surface area contributed by atoms with Crippen molar-refractivity contribution in [2.24, 2.45) is 46.3 Å². The van der Waals surface area contributed by atoms with Crippen molar-refractivity contribution in [1.29, 1.82) is 0 Å². The van der Waals surface area contributed by atoms with E-state index in [1.54, 1.807) is 6.92 Å². The molecule has 5 rings (SSSR count). The Kier molecular flexibility index (Phi) is 8.59. The second-order valence-electron chi connectivity index (χ2n) is 14.0. The molecule has 0 aliphatic heterocycles. The Morgan fingerprint density at radius 1 is 0.925 bits per heavy atom. The number of halogens is 1. The Balaban J connectivity index is 1.37. The molecule has 6 heteroatoms. The van der Waals surface area contributed by atoms with Crippen LogP contribution in [0, 0.1) is 46.3 Å². The van der Waals surface area contributed by atoms with E-state index in [2.05, 4.69) is 36.7 Å². The molecule has 4 aliphatic rings. The van der Waals surface area contributed by atoms with Crippen LogP contribution < -0.4 is 0 Å². The van der Waals surface area contributed by atoms with Gasteiger partial charge < -0.3 is 9.47 Å². The number of carbonyl (C=O) groups is 3. The molecule has 11 atom stereocenters. The zero-order chi connectivity index (χ0) is 28.8. The van der Waals surface area contributed by atoms with Crippen molar-refractivity contribution in [1.82, 2.24) is 0 Å². The van der Waals surface area contributed by atoms with E-state index in [0.29, 0.717) is 35.5 Å². The summed E-state index contributed by atoms with van der Waals surface area (Å²) in [7, 11) is 0. The number of esters is 2. The van der Waals surface area contributed by atoms with E-state index in [4.69, 9.17) is 9.47 Å². The highest BCUT2D eigenvalue weighted by molar-refractivity contribution is 9.10. The molecule has 220 valence electrons. The van der Waals surface area contributed by atoms with Crippen molar-refractivity contribution in [3.63, 3.8) is 0 Å². The molecule has 0 amide bonds. The third-order valence-corrected chi connectivity index (χ3v) is 12.8. The summed E-state index contributed by atoms with van der Waals surface area (Å²) < 4.78 is 11.9. The van der Waals surface area contributed by atoms with Crippen LogP contribution in [0.4, 0.5) is 0 Å². The average Bonchev–Trinajstić information content (AvgIpc) is 3.27. The highest BCUT2D eigenvalue weighted by Gasteiger charge is 2.65. The molecular formula is C34H47BrO5. The lowest BCUT2D eigenvalue weighted by atomic mass is 9.43. The normalized spacial score (nSPS) is 40.1. The smallest absolute Gasteiger partial charge is 0.302 e. The Morgan fingerprint density at radius 3 is 2.30 bits per heavy atom. The molecule has 0 radical (unpaired) electrons. The lowest BCUT2D eigenvalue weighted by Gasteiger charge is -2.62. The maximum Gasteiger partial charge on any atom is 0.302 e. The van der Waals surface area contributed by atoms with E-state index < -0.39 is 0 Å². The molecule has 0 bridgehead atoms. The number of benzene rings is 1. The van der Waals surface area contributed by atoms with Crippen molar-refractivity contribution in [3.8, 4) is 0 Å². The van der Waals surface area contributed by atoms with Crippen LogP contribution in [0.25, 0.3) is 0 Å². The fraction of sp³-hybridized carbons (Fsp3) is 0.735. The summed E-state index contributed by atoms with van der Waals surface area (Å²) in [6.45, 7) is 10.3. The van der Waals surface area contributed by atoms with E-state index in [9.17, 15) is 14.4 Å². The van der Waals surface area contributed by atoms with Crippen molar-refractivity contribution in [3.05, 3.63) is 35.9 Å². The van der Waals surface area contributed by atoms with Crippen molar-refractivity contribution in [2.45, 2.75) is 109 Å². The van der Waals surface area contributed by atoms with Gasteiger partial charge in [0.05, 0.1) is 4.83 Å². The monoisotopic (exact) mass is 614 g/mol. The molecule has 4 aliphatic carbocycles. The number of fused-ring (bicyclic) bond motifs is 5. The van der Waals surface area contributed by atoms with Gasteiger partial charge in [-0.3, -0.25) is 14.4 Å². The molecule has 4 fully saturated rings. The van der Waals surface area contributed by atoms with E-state index in [-0.39, 0.29) is 45.6 Å². The van der Waals surface area contributed by atoms with Crippen LogP contribution in [0.2, 0.25) is 0 Å². The minimum atomic E-state index is -0.224. The van der Waals surface area contributed by atoms with Gasteiger partial charge >= 0.3 is 11.9 Å². The van der Waals surface area contributed by atoms with E-state index in [1.165, 1.54) is 26.2 Å². The van der Waals surface area contributed by atoms with Gasteiger partial charge in [0.2, 0.25) is 0 Å². The predicted molar refractivity (Wildman–Crippen MR) is 159 cm³/mol. The van der Waals surface area contributed by atoms with Gasteiger partial charge in [0.1, 0.15) is 12.2 Å². The number of rotatable bonds is 7. The maximum absolute atomic E-state index is 13.2. The van der Waals surface area contributed by atoms with Crippen LogP contribution in [0.3, 0.4) is 0 Å². The van der Waals surface area contributed by atoms with E-state index in [1.807, 2.05) is 30.3 Å². The van der Waals surface area contributed by atoms with Crippen LogP contribution in [0.1, 0.15) is 103 Å². The Hall–Kier alpha value is -1.69. The van der Waals surface area contributed by atoms with Crippen molar-refractivity contribution >= 4 is 33.7 Å². The third kappa shape index (κ3) is 5.31. The summed E-state index contributed by atoms with van der Waals surface area (Å²) in [5.74, 6) is 2.72. The first-order chi connectivity index (χ1) is 18.9. The molecule has 40 heavy (non-hydrogen) atoms. The van der Waals surface area contributed by atoms with Crippen LogP contribution in [0.5, 0.6) is 0 Å². The van der Waals surface area contributed by atoms with Crippen molar-refractivity contribution in [2.75, 3.05) is 0 Å². The summed E-state index contributed by atoms with van der Waals surface area (Å²) in [5, 5.41) is 0. The lowest BCUT2D eigenvalue weighted by Crippen LogP contribution is -2.59. The largest absolute Gasteiger partial charge is 0.463 e. The molecule has 4 saturated carbocycles. The molecule has 0 saturated heterocycles. The topological polar surface area (TPSA) is 69.7 Å². The number of hydrogen-bond donors (Lipinski definition) is 0. The standard InChI is InChI=1S/C34H47BrO5/c1-20(17-30(35)32(38)23-9-7-6-8-10-23)27-13-14-28-26-12-11-24-18-25(39-21(2)36)15-16-33(24,4)29(26)19-31(34(27,28)5)40-22(3)37/h6-10,20,24-31H,11-19H2,1-5H3/t20-,24?,25?,26+,27-,28+,29+,30?,31?,33+,34-/m1/s1. The van der Waals surface area contributed by atoms with E-state index >= 15 is 0 Å². The van der Waals surface area contributed by atoms with Crippen molar-refractivity contribution < 1.29 is 23.9 Å². The minimum absolute atomic E-state index is 0.0396. The van der Waals surface area contributed by atoms with Gasteiger partial charge in [-0.1, -0.05) is 67.0 Å². The zero-order valence-corrected chi connectivity index (χ0v) is 26.5. The zero-order valence-electron chi connectivity index (χ0n) is 24.9. The molecule has 0 aromatic heterocycles. The summed E-state index contributed by atoms with van der Waals surface area (Å²) in [4.78, 5) is 37.1. The first kappa shape index (κ1) is 29.8. The minimum Gasteiger partial charge on any atom is -0.463 e. The number of ether oxygens (including phenoxy) is 2. The number of carbonyl (C=O) groups excluding carboxylic acids is 3. The summed E-state index contributed by atoms with van der Waals surface area (Å²) in [6, 6.07) is 9.55. The molecule has 1 aromatic rings. The molecule has 5 nitrogen and oxygen atoms in total. The van der Waals surface area contributed by atoms with E-state index in [0.717, 1.165) is 44.1 Å². The fourth-order valence-electron chi connectivity index (χ4n) is 10.2. The maximum atomic E-state index is 13.2. The van der Waals surface area contributed by atoms with Gasteiger partial charge in [-0.15, -0.1) is 0 Å². The molecule has 0 N–H and O–H groups in total. The summed E-state index contributed by atoms with van der Waals surface area (Å²) in [5.41, 5.74) is 0.845. The molecule has 1 aromatic carbocycles. The highest BCUT2D eigenvalue weighted by atomic mass is 79.9. The Morgan fingerprint density at radius 2 is 1.62 bits per heavy atom. The Bertz CT molecular complexity index is 1100. The summed E-state index contributed by atoms with van der Waals surface area (Å²) in [6.07, 6.45) is 9.28. The van der Waals surface area contributed by atoms with Gasteiger partial charge in [-0.25, -0.2) is 0 Å².